The second-order valence-electron chi connectivity index (χ2n) is 6.08. The van der Waals surface area contributed by atoms with Crippen LogP contribution in [0.1, 0.15) is 27.2 Å². The van der Waals surface area contributed by atoms with Crippen molar-refractivity contribution < 1.29 is 9.53 Å². The maximum atomic E-state index is 12.9. The van der Waals surface area contributed by atoms with Gasteiger partial charge in [-0.15, -0.1) is 0 Å². The third kappa shape index (κ3) is 3.53. The van der Waals surface area contributed by atoms with E-state index in [1.54, 1.807) is 26.1 Å². The second kappa shape index (κ2) is 7.33. The van der Waals surface area contributed by atoms with Crippen LogP contribution in [0, 0.1) is 6.92 Å². The van der Waals surface area contributed by atoms with Crippen LogP contribution in [0.4, 0.5) is 0 Å². The first-order valence-electron chi connectivity index (χ1n) is 7.97. The van der Waals surface area contributed by atoms with Gasteiger partial charge < -0.3 is 4.74 Å². The van der Waals surface area contributed by atoms with Crippen molar-refractivity contribution in [3.05, 3.63) is 54.9 Å². The topological polar surface area (TPSA) is 67.3 Å². The van der Waals surface area contributed by atoms with Crippen molar-refractivity contribution >= 4 is 29.0 Å². The summed E-state index contributed by atoms with van der Waals surface area (Å²) in [4.78, 5) is 27.3. The van der Waals surface area contributed by atoms with E-state index in [4.69, 9.17) is 27.9 Å². The molecule has 0 saturated carbocycles. The monoisotopic (exact) mass is 383 g/mol. The van der Waals surface area contributed by atoms with E-state index in [-0.39, 0.29) is 16.7 Å². The van der Waals surface area contributed by atoms with Crippen molar-refractivity contribution in [1.29, 1.82) is 0 Å². The first-order chi connectivity index (χ1) is 11.9. The highest BCUT2D eigenvalue weighted by Gasteiger charge is 2.24. The molecule has 0 unspecified atom stereocenters. The molecule has 0 radical (unpaired) electrons. The van der Waals surface area contributed by atoms with Gasteiger partial charge in [0.15, 0.2) is 0 Å². The van der Waals surface area contributed by atoms with Crippen LogP contribution in [0.3, 0.4) is 0 Å². The third-order valence-corrected chi connectivity index (χ3v) is 5.16. The van der Waals surface area contributed by atoms with Gasteiger partial charge in [-0.05, 0) is 19.1 Å². The van der Waals surface area contributed by atoms with Gasteiger partial charge in [0.05, 0.1) is 18.2 Å². The van der Waals surface area contributed by atoms with Crippen molar-refractivity contribution in [1.82, 2.24) is 14.7 Å². The zero-order chi connectivity index (χ0) is 18.1. The van der Waals surface area contributed by atoms with Crippen molar-refractivity contribution in [2.24, 2.45) is 7.05 Å². The van der Waals surface area contributed by atoms with E-state index in [9.17, 15) is 9.59 Å². The fourth-order valence-electron chi connectivity index (χ4n) is 2.99. The number of aryl methyl sites for hydroxylation is 2. The second-order valence-corrected chi connectivity index (χ2v) is 6.87. The molecule has 0 atom stereocenters. The minimum absolute atomic E-state index is 0.101. The smallest absolute Gasteiger partial charge is 0.277 e. The van der Waals surface area contributed by atoms with Gasteiger partial charge in [-0.3, -0.25) is 24.3 Å². The van der Waals surface area contributed by atoms with Gasteiger partial charge in [0.2, 0.25) is 5.78 Å². The third-order valence-electron chi connectivity index (χ3n) is 4.37. The molecule has 2 aromatic rings. The Morgan fingerprint density at radius 2 is 1.96 bits per heavy atom. The van der Waals surface area contributed by atoms with E-state index >= 15 is 0 Å². The minimum atomic E-state index is -0.399. The van der Waals surface area contributed by atoms with Crippen molar-refractivity contribution in [3.8, 4) is 0 Å². The van der Waals surface area contributed by atoms with Crippen LogP contribution < -0.4 is 5.56 Å². The minimum Gasteiger partial charge on any atom is -0.379 e. The molecule has 1 N–H and O–H groups in total. The summed E-state index contributed by atoms with van der Waals surface area (Å²) in [5.74, 6) is -0.399. The molecule has 1 fully saturated rings. The number of H-pyrrole nitrogens is 1. The number of benzene rings is 1. The van der Waals surface area contributed by atoms with E-state index in [2.05, 4.69) is 10.00 Å². The van der Waals surface area contributed by atoms with E-state index < -0.39 is 5.78 Å². The summed E-state index contributed by atoms with van der Waals surface area (Å²) in [6.07, 6.45) is 0. The van der Waals surface area contributed by atoms with Gasteiger partial charge in [-0.25, -0.2) is 0 Å². The lowest BCUT2D eigenvalue weighted by Gasteiger charge is -2.27. The Balaban J connectivity index is 1.98. The first kappa shape index (κ1) is 18.2. The molecule has 1 saturated heterocycles. The Kier molecular flexibility index (Phi) is 5.34. The summed E-state index contributed by atoms with van der Waals surface area (Å²) >= 11 is 12.8. The van der Waals surface area contributed by atoms with E-state index in [0.29, 0.717) is 41.1 Å². The van der Waals surface area contributed by atoms with Crippen LogP contribution in [0.25, 0.3) is 0 Å². The number of ether oxygens (including phenoxy) is 1. The van der Waals surface area contributed by atoms with E-state index in [0.717, 1.165) is 13.1 Å². The average Bonchev–Trinajstić information content (AvgIpc) is 2.84. The molecular weight excluding hydrogens is 365 g/mol. The van der Waals surface area contributed by atoms with Gasteiger partial charge in [-0.2, -0.15) is 0 Å². The number of carbonyl (C=O) groups is 1. The maximum absolute atomic E-state index is 12.9. The maximum Gasteiger partial charge on any atom is 0.277 e. The molecular formula is C17H19Cl2N3O3. The number of aromatic nitrogens is 2. The number of hydrogen-bond donors (Lipinski definition) is 1. The summed E-state index contributed by atoms with van der Waals surface area (Å²) < 4.78 is 6.62. The highest BCUT2D eigenvalue weighted by molar-refractivity contribution is 6.38. The molecule has 6 nitrogen and oxygen atoms in total. The molecule has 1 aliphatic rings. The lowest BCUT2D eigenvalue weighted by Crippen LogP contribution is -2.35. The summed E-state index contributed by atoms with van der Waals surface area (Å²) in [7, 11) is 1.57. The normalized spacial score (nSPS) is 15.5. The largest absolute Gasteiger partial charge is 0.379 e. The first-order valence-corrected chi connectivity index (χ1v) is 8.73. The van der Waals surface area contributed by atoms with Crippen LogP contribution >= 0.6 is 23.2 Å². The van der Waals surface area contributed by atoms with Gasteiger partial charge in [0.25, 0.3) is 5.56 Å². The average molecular weight is 384 g/mol. The molecule has 25 heavy (non-hydrogen) atoms. The Bertz CT molecular complexity index is 867. The summed E-state index contributed by atoms with van der Waals surface area (Å²) in [5.41, 5.74) is 1.22. The van der Waals surface area contributed by atoms with Crippen LogP contribution in [-0.4, -0.2) is 46.8 Å². The molecule has 2 heterocycles. The lowest BCUT2D eigenvalue weighted by molar-refractivity contribution is 0.0342. The van der Waals surface area contributed by atoms with Gasteiger partial charge in [0, 0.05) is 48.5 Å². The number of aromatic amines is 1. The zero-order valence-corrected chi connectivity index (χ0v) is 15.6. The highest BCUT2D eigenvalue weighted by atomic mass is 35.5. The molecule has 0 aliphatic carbocycles. The molecule has 3 rings (SSSR count). The summed E-state index contributed by atoms with van der Waals surface area (Å²) in [6, 6.07) is 3.23. The zero-order valence-electron chi connectivity index (χ0n) is 14.1. The molecule has 134 valence electrons. The van der Waals surface area contributed by atoms with Crippen LogP contribution in [0.2, 0.25) is 10.0 Å². The highest BCUT2D eigenvalue weighted by Crippen LogP contribution is 2.31. The van der Waals surface area contributed by atoms with Crippen molar-refractivity contribution in [2.45, 2.75) is 13.5 Å². The van der Waals surface area contributed by atoms with Crippen LogP contribution in [0.15, 0.2) is 16.9 Å². The lowest BCUT2D eigenvalue weighted by atomic mass is 10.0. The summed E-state index contributed by atoms with van der Waals surface area (Å²) in [6.45, 7) is 5.10. The molecule has 1 aliphatic heterocycles. The van der Waals surface area contributed by atoms with Crippen molar-refractivity contribution in [3.63, 3.8) is 0 Å². The fraction of sp³-hybridized carbons (Fsp3) is 0.412. The van der Waals surface area contributed by atoms with E-state index in [1.165, 1.54) is 4.68 Å². The van der Waals surface area contributed by atoms with Gasteiger partial charge in [0.1, 0.15) is 5.56 Å². The number of hydrogen-bond acceptors (Lipinski definition) is 4. The number of rotatable bonds is 4. The number of morpholine rings is 1. The molecule has 8 heteroatoms. The Labute approximate surface area is 155 Å². The Morgan fingerprint density at radius 1 is 1.28 bits per heavy atom. The number of nitrogens with zero attached hydrogens (tertiary/aromatic N) is 2. The molecule has 1 aromatic heterocycles. The quantitative estimate of drug-likeness (QED) is 0.823. The predicted octanol–water partition coefficient (Wildman–Crippen LogP) is 2.39. The number of carbonyl (C=O) groups excluding carboxylic acids is 1. The molecule has 0 amide bonds. The molecule has 0 bridgehead atoms. The number of nitrogens with one attached hydrogen (secondary N) is 1. The predicted molar refractivity (Wildman–Crippen MR) is 96.8 cm³/mol. The molecule has 0 spiro atoms. The fourth-order valence-corrected chi connectivity index (χ4v) is 3.57. The Morgan fingerprint density at radius 3 is 2.56 bits per heavy atom. The summed E-state index contributed by atoms with van der Waals surface area (Å²) in [5, 5.41) is 3.63. The van der Waals surface area contributed by atoms with Crippen LogP contribution in [-0.2, 0) is 18.3 Å². The van der Waals surface area contributed by atoms with Crippen molar-refractivity contribution in [2.75, 3.05) is 26.3 Å². The van der Waals surface area contributed by atoms with Gasteiger partial charge >= 0.3 is 0 Å². The molecule has 1 aromatic carbocycles. The SMILES string of the molecule is Cc1[nH]n(C)c(=O)c1C(=O)c1ccc(Cl)c(CN2CCOCC2)c1Cl. The standard InChI is InChI=1S/C17H19Cl2N3O3/c1-10-14(17(24)21(2)20-10)16(23)11-3-4-13(18)12(15(11)19)9-22-5-7-25-8-6-22/h3-4,20H,5-9H2,1-2H3. The number of halogens is 2. The van der Waals surface area contributed by atoms with E-state index in [1.807, 2.05) is 0 Å². The van der Waals surface area contributed by atoms with Crippen LogP contribution in [0.5, 0.6) is 0 Å². The van der Waals surface area contributed by atoms with Gasteiger partial charge in [-0.1, -0.05) is 23.2 Å². The Hall–Kier alpha value is -1.60. The number of ketones is 1.